The highest BCUT2D eigenvalue weighted by atomic mass is 31.2. The van der Waals surface area contributed by atoms with Crippen LogP contribution in [-0.4, -0.2) is 70.0 Å². The number of carbonyl (C=O) groups is 2. The van der Waals surface area contributed by atoms with Gasteiger partial charge in [-0.05, 0) is 96.3 Å². The third kappa shape index (κ3) is 70.0. The first-order chi connectivity index (χ1) is 42.0. The molecule has 9 nitrogen and oxygen atoms in total. The van der Waals surface area contributed by atoms with Crippen LogP contribution in [0.25, 0.3) is 0 Å². The zero-order valence-corrected chi connectivity index (χ0v) is 57.6. The van der Waals surface area contributed by atoms with Gasteiger partial charge in [-0.3, -0.25) is 14.2 Å². The van der Waals surface area contributed by atoms with Gasteiger partial charge in [0, 0.05) is 12.8 Å². The van der Waals surface area contributed by atoms with E-state index in [0.717, 1.165) is 89.9 Å². The van der Waals surface area contributed by atoms with Crippen LogP contribution < -0.4 is 4.89 Å². The SMILES string of the molecule is CC/C=C\C/C=C\C/C=C\C/C=C\C/C=C\CCCCCCCCCC(=O)OC(COC(=O)CCCCCCCCCCCCCCCCCCCCCCCCCC/C=C\C/C=C\C/C=C\CCCCCCC)COP(=O)([O-])OCC[N+](C)(C)C. The van der Waals surface area contributed by atoms with Gasteiger partial charge in [0.2, 0.25) is 0 Å². The molecule has 86 heavy (non-hydrogen) atoms. The molecule has 0 saturated heterocycles. The summed E-state index contributed by atoms with van der Waals surface area (Å²) in [5, 5.41) is 0. The molecule has 498 valence electrons. The molecule has 0 amide bonds. The Balaban J connectivity index is 3.96. The lowest BCUT2D eigenvalue weighted by Gasteiger charge is -2.28. The van der Waals surface area contributed by atoms with Crippen molar-refractivity contribution in [2.75, 3.05) is 47.5 Å². The molecule has 0 saturated carbocycles. The molecule has 0 fully saturated rings. The van der Waals surface area contributed by atoms with Gasteiger partial charge in [0.25, 0.3) is 7.82 Å². The summed E-state index contributed by atoms with van der Waals surface area (Å²) in [7, 11) is 1.16. The van der Waals surface area contributed by atoms with Crippen molar-refractivity contribution >= 4 is 19.8 Å². The number of rotatable bonds is 66. The average Bonchev–Trinajstić information content (AvgIpc) is 3.56. The van der Waals surface area contributed by atoms with Crippen LogP contribution in [0.15, 0.2) is 97.2 Å². The number of nitrogens with zero attached hydrogens (tertiary/aromatic N) is 1. The first kappa shape index (κ1) is 82.9. The van der Waals surface area contributed by atoms with Gasteiger partial charge in [-0.2, -0.15) is 0 Å². The monoisotopic (exact) mass is 1220 g/mol. The summed E-state index contributed by atoms with van der Waals surface area (Å²) < 4.78 is 34.3. The number of phosphoric ester groups is 1. The predicted molar refractivity (Wildman–Crippen MR) is 369 cm³/mol. The number of phosphoric acid groups is 1. The van der Waals surface area contributed by atoms with Gasteiger partial charge in [0.15, 0.2) is 6.10 Å². The van der Waals surface area contributed by atoms with E-state index in [1.807, 2.05) is 21.1 Å². The van der Waals surface area contributed by atoms with Crippen molar-refractivity contribution in [1.29, 1.82) is 0 Å². The molecule has 0 aromatic heterocycles. The van der Waals surface area contributed by atoms with Crippen LogP contribution in [0.3, 0.4) is 0 Å². The van der Waals surface area contributed by atoms with E-state index >= 15 is 0 Å². The highest BCUT2D eigenvalue weighted by Gasteiger charge is 2.22. The van der Waals surface area contributed by atoms with Gasteiger partial charge in [0.1, 0.15) is 19.8 Å². The second kappa shape index (κ2) is 66.4. The first-order valence-corrected chi connectivity index (χ1v) is 37.4. The zero-order valence-electron chi connectivity index (χ0n) is 56.7. The molecule has 0 N–H and O–H groups in total. The third-order valence-electron chi connectivity index (χ3n) is 15.6. The summed E-state index contributed by atoms with van der Waals surface area (Å²) in [6.07, 6.45) is 92.2. The number of hydrogen-bond acceptors (Lipinski definition) is 8. The Kier molecular flexibility index (Phi) is 64.0. The normalized spacial score (nSPS) is 13.7. The molecule has 0 rings (SSSR count). The molecule has 0 radical (unpaired) electrons. The quantitative estimate of drug-likeness (QED) is 0.0195. The van der Waals surface area contributed by atoms with E-state index in [9.17, 15) is 19.0 Å². The number of esters is 2. The fourth-order valence-corrected chi connectivity index (χ4v) is 10.8. The van der Waals surface area contributed by atoms with E-state index in [4.69, 9.17) is 18.5 Å². The van der Waals surface area contributed by atoms with E-state index in [1.165, 1.54) is 199 Å². The van der Waals surface area contributed by atoms with Gasteiger partial charge >= 0.3 is 11.9 Å². The smallest absolute Gasteiger partial charge is 0.306 e. The molecular formula is C76H136NO8P. The molecule has 0 aliphatic heterocycles. The highest BCUT2D eigenvalue weighted by molar-refractivity contribution is 7.45. The number of unbranched alkanes of at least 4 members (excludes halogenated alkanes) is 36. The first-order valence-electron chi connectivity index (χ1n) is 35.9. The van der Waals surface area contributed by atoms with Crippen LogP contribution in [-0.2, 0) is 32.7 Å². The van der Waals surface area contributed by atoms with Crippen molar-refractivity contribution in [2.24, 2.45) is 0 Å². The van der Waals surface area contributed by atoms with Gasteiger partial charge < -0.3 is 27.9 Å². The van der Waals surface area contributed by atoms with E-state index in [2.05, 4.69) is 111 Å². The molecule has 0 spiro atoms. The average molecular weight is 1220 g/mol. The Morgan fingerprint density at radius 3 is 0.988 bits per heavy atom. The third-order valence-corrected chi connectivity index (χ3v) is 16.6. The fourth-order valence-electron chi connectivity index (χ4n) is 10.1. The van der Waals surface area contributed by atoms with Crippen LogP contribution in [0.1, 0.15) is 322 Å². The largest absolute Gasteiger partial charge is 0.756 e. The second-order valence-corrected chi connectivity index (χ2v) is 26.6. The van der Waals surface area contributed by atoms with E-state index < -0.39 is 26.5 Å². The maximum Gasteiger partial charge on any atom is 0.306 e. The van der Waals surface area contributed by atoms with Gasteiger partial charge in [-0.1, -0.05) is 310 Å². The fraction of sp³-hybridized carbons (Fsp3) is 0.763. The summed E-state index contributed by atoms with van der Waals surface area (Å²) >= 11 is 0. The molecule has 10 heteroatoms. The molecule has 0 aromatic carbocycles. The van der Waals surface area contributed by atoms with E-state index in [1.54, 1.807) is 0 Å². The minimum absolute atomic E-state index is 0.0359. The summed E-state index contributed by atoms with van der Waals surface area (Å²) in [6, 6.07) is 0. The van der Waals surface area contributed by atoms with Crippen molar-refractivity contribution in [2.45, 2.75) is 328 Å². The van der Waals surface area contributed by atoms with Crippen molar-refractivity contribution in [3.63, 3.8) is 0 Å². The maximum atomic E-state index is 12.8. The van der Waals surface area contributed by atoms with Crippen LogP contribution in [0.5, 0.6) is 0 Å². The van der Waals surface area contributed by atoms with Crippen molar-refractivity contribution in [3.8, 4) is 0 Å². The molecule has 0 aromatic rings. The molecule has 2 unspecified atom stereocenters. The Morgan fingerprint density at radius 1 is 0.372 bits per heavy atom. The molecule has 0 bridgehead atoms. The summed E-state index contributed by atoms with van der Waals surface area (Å²) in [5.74, 6) is -0.838. The maximum absolute atomic E-state index is 12.8. The molecule has 0 aliphatic rings. The number of hydrogen-bond donors (Lipinski definition) is 0. The Hall–Kier alpha value is -3.07. The molecule has 0 heterocycles. The summed E-state index contributed by atoms with van der Waals surface area (Å²) in [5.41, 5.74) is 0. The number of ether oxygens (including phenoxy) is 2. The lowest BCUT2D eigenvalue weighted by atomic mass is 10.0. The number of quaternary nitrogens is 1. The lowest BCUT2D eigenvalue weighted by molar-refractivity contribution is -0.870. The van der Waals surface area contributed by atoms with Gasteiger partial charge in [-0.25, -0.2) is 0 Å². The molecular weight excluding hydrogens is 1090 g/mol. The standard InChI is InChI=1S/C76H136NO8P/c1-6-8-10-12-14-16-18-20-22-24-26-28-30-31-32-33-34-35-36-37-38-39-40-41-42-43-44-45-47-48-50-52-54-56-58-60-62-64-66-68-75(78)82-72-74(73-84-86(80,81)83-71-70-77(3,4)5)85-76(79)69-67-65-63-61-59-57-55-53-51-49-46-29-27-25-23-21-19-17-15-13-11-9-7-2/h9,11,15,17-18,20-21,23-24,26-27,29-31,49,51,74H,6-8,10,12-14,16,19,22,25,28,32-48,50,52-73H2,1-5H3/b11-9-,17-15-,20-18-,23-21-,26-24-,29-27-,31-30-,51-49-. The van der Waals surface area contributed by atoms with E-state index in [0.29, 0.717) is 17.4 Å². The van der Waals surface area contributed by atoms with Crippen LogP contribution in [0.2, 0.25) is 0 Å². The topological polar surface area (TPSA) is 111 Å². The van der Waals surface area contributed by atoms with Crippen LogP contribution >= 0.6 is 7.82 Å². The Bertz CT molecular complexity index is 1770. The van der Waals surface area contributed by atoms with Crippen LogP contribution in [0, 0.1) is 0 Å². The number of allylic oxidation sites excluding steroid dienone is 16. The van der Waals surface area contributed by atoms with Crippen molar-refractivity contribution in [3.05, 3.63) is 97.2 Å². The highest BCUT2D eigenvalue weighted by Crippen LogP contribution is 2.38. The van der Waals surface area contributed by atoms with Gasteiger partial charge in [-0.15, -0.1) is 0 Å². The summed E-state index contributed by atoms with van der Waals surface area (Å²) in [4.78, 5) is 38.0. The lowest BCUT2D eigenvalue weighted by Crippen LogP contribution is -2.37. The van der Waals surface area contributed by atoms with E-state index in [-0.39, 0.29) is 32.0 Å². The molecule has 0 aliphatic carbocycles. The Labute approximate surface area is 532 Å². The minimum Gasteiger partial charge on any atom is -0.756 e. The van der Waals surface area contributed by atoms with Crippen molar-refractivity contribution in [1.82, 2.24) is 0 Å². The van der Waals surface area contributed by atoms with Crippen LogP contribution in [0.4, 0.5) is 0 Å². The molecule has 2 atom stereocenters. The van der Waals surface area contributed by atoms with Crippen molar-refractivity contribution < 1.29 is 42.1 Å². The number of carbonyl (C=O) groups excluding carboxylic acids is 2. The minimum atomic E-state index is -4.65. The zero-order chi connectivity index (χ0) is 62.6. The Morgan fingerprint density at radius 2 is 0.663 bits per heavy atom. The van der Waals surface area contributed by atoms with Gasteiger partial charge in [0.05, 0.1) is 27.7 Å². The number of likely N-dealkylation sites (N-methyl/N-ethyl adjacent to an activating group) is 1. The second-order valence-electron chi connectivity index (χ2n) is 25.2. The summed E-state index contributed by atoms with van der Waals surface area (Å²) in [6.45, 7) is 4.13. The predicted octanol–water partition coefficient (Wildman–Crippen LogP) is 22.9.